The predicted molar refractivity (Wildman–Crippen MR) is 69.8 cm³/mol. The molecule has 1 fully saturated rings. The van der Waals surface area contributed by atoms with E-state index in [1.807, 2.05) is 60.4 Å². The molecule has 1 aliphatic rings. The van der Waals surface area contributed by atoms with Gasteiger partial charge >= 0.3 is 0 Å². The minimum absolute atomic E-state index is 0.123. The van der Waals surface area contributed by atoms with Gasteiger partial charge in [0, 0.05) is 37.6 Å². The van der Waals surface area contributed by atoms with Crippen LogP contribution < -0.4 is 4.90 Å². The third-order valence-electron chi connectivity index (χ3n) is 2.90. The quantitative estimate of drug-likeness (QED) is 0.728. The number of hydrogen-bond donors (Lipinski definition) is 0. The number of anilines is 1. The van der Waals surface area contributed by atoms with Crippen molar-refractivity contribution in [3.05, 3.63) is 42.1 Å². The summed E-state index contributed by atoms with van der Waals surface area (Å²) in [6.07, 6.45) is 2.73. The van der Waals surface area contributed by atoms with Crippen LogP contribution in [-0.2, 0) is 4.79 Å². The molecule has 3 nitrogen and oxygen atoms in total. The second-order valence-electron chi connectivity index (χ2n) is 4.68. The van der Waals surface area contributed by atoms with Crippen molar-refractivity contribution in [1.29, 1.82) is 0 Å². The highest BCUT2D eigenvalue weighted by Gasteiger charge is 2.33. The van der Waals surface area contributed by atoms with Crippen molar-refractivity contribution in [2.45, 2.75) is 19.4 Å². The van der Waals surface area contributed by atoms with Crippen LogP contribution in [0.4, 0.5) is 5.69 Å². The number of rotatable bonds is 2. The Morgan fingerprint density at radius 3 is 2.53 bits per heavy atom. The maximum atomic E-state index is 12.3. The van der Waals surface area contributed by atoms with Crippen LogP contribution in [0, 0.1) is 0 Å². The smallest absolute Gasteiger partial charge is 0.255 e. The number of carbonyl (C=O) groups is 1. The van der Waals surface area contributed by atoms with Gasteiger partial charge in [0.25, 0.3) is 5.91 Å². The van der Waals surface area contributed by atoms with Crippen molar-refractivity contribution in [3.8, 4) is 0 Å². The van der Waals surface area contributed by atoms with Gasteiger partial charge in [0.1, 0.15) is 0 Å². The van der Waals surface area contributed by atoms with Gasteiger partial charge in [0.15, 0.2) is 0 Å². The lowest BCUT2D eigenvalue weighted by molar-refractivity contribution is -0.114. The van der Waals surface area contributed by atoms with Crippen LogP contribution in [-0.4, -0.2) is 30.9 Å². The van der Waals surface area contributed by atoms with Crippen molar-refractivity contribution in [1.82, 2.24) is 4.90 Å². The number of carbonyl (C=O) groups excluding carboxylic acids is 1. The molecule has 1 aliphatic heterocycles. The summed E-state index contributed by atoms with van der Waals surface area (Å²) in [6, 6.07) is 10.1. The molecule has 1 heterocycles. The molecular weight excluding hydrogens is 212 g/mol. The van der Waals surface area contributed by atoms with E-state index in [0.717, 1.165) is 17.7 Å². The Bertz CT molecular complexity index is 437. The zero-order valence-corrected chi connectivity index (χ0v) is 10.6. The third kappa shape index (κ3) is 2.33. The number of amides is 1. The van der Waals surface area contributed by atoms with Crippen molar-refractivity contribution >= 4 is 11.6 Å². The molecule has 1 saturated heterocycles. The van der Waals surface area contributed by atoms with Gasteiger partial charge < -0.3 is 9.80 Å². The fraction of sp³-hybridized carbons (Fsp3) is 0.357. The molecule has 1 aromatic carbocycles. The summed E-state index contributed by atoms with van der Waals surface area (Å²) < 4.78 is 0. The zero-order chi connectivity index (χ0) is 12.4. The molecule has 2 rings (SSSR count). The molecule has 1 amide bonds. The van der Waals surface area contributed by atoms with Gasteiger partial charge in [-0.05, 0) is 25.5 Å². The van der Waals surface area contributed by atoms with Crippen LogP contribution in [0.1, 0.15) is 13.3 Å². The number of hydrogen-bond acceptors (Lipinski definition) is 2. The van der Waals surface area contributed by atoms with E-state index in [4.69, 9.17) is 0 Å². The van der Waals surface area contributed by atoms with Gasteiger partial charge in [-0.15, -0.1) is 0 Å². The normalized spacial score (nSPS) is 22.3. The van der Waals surface area contributed by atoms with Gasteiger partial charge in [-0.3, -0.25) is 4.79 Å². The number of nitrogens with zero attached hydrogens (tertiary/aromatic N) is 2. The van der Waals surface area contributed by atoms with E-state index in [2.05, 4.69) is 6.92 Å². The van der Waals surface area contributed by atoms with Gasteiger partial charge in [0.2, 0.25) is 0 Å². The Labute approximate surface area is 102 Å². The van der Waals surface area contributed by atoms with Gasteiger partial charge in [-0.1, -0.05) is 18.2 Å². The van der Waals surface area contributed by atoms with Crippen molar-refractivity contribution in [2.24, 2.45) is 0 Å². The molecule has 1 atom stereocenters. The van der Waals surface area contributed by atoms with Gasteiger partial charge in [-0.2, -0.15) is 0 Å². The minimum Gasteiger partial charge on any atom is -0.383 e. The highest BCUT2D eigenvalue weighted by molar-refractivity contribution is 6.08. The summed E-state index contributed by atoms with van der Waals surface area (Å²) in [7, 11) is 3.88. The van der Waals surface area contributed by atoms with E-state index in [-0.39, 0.29) is 11.9 Å². The summed E-state index contributed by atoms with van der Waals surface area (Å²) in [5.41, 5.74) is 1.86. The minimum atomic E-state index is 0.123. The van der Waals surface area contributed by atoms with E-state index in [1.54, 1.807) is 0 Å². The Morgan fingerprint density at radius 2 is 1.94 bits per heavy atom. The average molecular weight is 230 g/mol. The first-order valence-electron chi connectivity index (χ1n) is 5.85. The van der Waals surface area contributed by atoms with E-state index >= 15 is 0 Å². The molecule has 90 valence electrons. The lowest BCUT2D eigenvalue weighted by Crippen LogP contribution is -2.30. The average Bonchev–Trinajstić information content (AvgIpc) is 2.54. The maximum Gasteiger partial charge on any atom is 0.255 e. The summed E-state index contributed by atoms with van der Waals surface area (Å²) in [4.78, 5) is 16.1. The molecule has 17 heavy (non-hydrogen) atoms. The van der Waals surface area contributed by atoms with Crippen LogP contribution in [0.25, 0.3) is 0 Å². The number of benzene rings is 1. The molecule has 0 N–H and O–H groups in total. The standard InChI is InChI=1S/C14H18N2O/c1-11-9-12(10-15(2)3)14(17)16(11)13-7-5-4-6-8-13/h4-8,10-11H,9H2,1-3H3. The van der Waals surface area contributed by atoms with Gasteiger partial charge in [-0.25, -0.2) is 0 Å². The molecule has 0 saturated carbocycles. The summed E-state index contributed by atoms with van der Waals surface area (Å²) in [5, 5.41) is 0. The fourth-order valence-corrected chi connectivity index (χ4v) is 2.23. The van der Waals surface area contributed by atoms with Crippen LogP contribution in [0.3, 0.4) is 0 Å². The lowest BCUT2D eigenvalue weighted by atomic mass is 10.2. The molecule has 3 heteroatoms. The Kier molecular flexibility index (Phi) is 3.18. The van der Waals surface area contributed by atoms with Crippen molar-refractivity contribution < 1.29 is 4.79 Å². The molecule has 1 unspecified atom stereocenters. The first-order valence-corrected chi connectivity index (χ1v) is 5.85. The lowest BCUT2D eigenvalue weighted by Gasteiger charge is -2.20. The Balaban J connectivity index is 2.29. The molecule has 0 aliphatic carbocycles. The van der Waals surface area contributed by atoms with Crippen molar-refractivity contribution in [3.63, 3.8) is 0 Å². The molecule has 0 radical (unpaired) electrons. The van der Waals surface area contributed by atoms with Gasteiger partial charge in [0.05, 0.1) is 0 Å². The van der Waals surface area contributed by atoms with E-state index in [0.29, 0.717) is 0 Å². The molecule has 0 spiro atoms. The molecule has 0 aromatic heterocycles. The molecule has 1 aromatic rings. The monoisotopic (exact) mass is 230 g/mol. The van der Waals surface area contributed by atoms with Crippen LogP contribution in [0.15, 0.2) is 42.1 Å². The largest absolute Gasteiger partial charge is 0.383 e. The summed E-state index contributed by atoms with van der Waals surface area (Å²) in [5.74, 6) is 0.123. The van der Waals surface area contributed by atoms with E-state index in [9.17, 15) is 4.79 Å². The highest BCUT2D eigenvalue weighted by Crippen LogP contribution is 2.29. The molecular formula is C14H18N2O. The summed E-state index contributed by atoms with van der Waals surface area (Å²) >= 11 is 0. The second-order valence-corrected chi connectivity index (χ2v) is 4.68. The first kappa shape index (κ1) is 11.7. The topological polar surface area (TPSA) is 23.6 Å². The second kappa shape index (κ2) is 4.62. The zero-order valence-electron chi connectivity index (χ0n) is 10.6. The van der Waals surface area contributed by atoms with Crippen LogP contribution in [0.5, 0.6) is 0 Å². The summed E-state index contributed by atoms with van der Waals surface area (Å²) in [6.45, 7) is 2.08. The maximum absolute atomic E-state index is 12.3. The van der Waals surface area contributed by atoms with Crippen LogP contribution >= 0.6 is 0 Å². The predicted octanol–water partition coefficient (Wildman–Crippen LogP) is 2.26. The number of para-hydroxylation sites is 1. The highest BCUT2D eigenvalue weighted by atomic mass is 16.2. The Morgan fingerprint density at radius 1 is 1.29 bits per heavy atom. The third-order valence-corrected chi connectivity index (χ3v) is 2.90. The van der Waals surface area contributed by atoms with E-state index in [1.165, 1.54) is 0 Å². The van der Waals surface area contributed by atoms with Crippen LogP contribution in [0.2, 0.25) is 0 Å². The van der Waals surface area contributed by atoms with E-state index < -0.39 is 0 Å². The van der Waals surface area contributed by atoms with Crippen molar-refractivity contribution in [2.75, 3.05) is 19.0 Å². The Hall–Kier alpha value is -1.77. The SMILES string of the molecule is CC1CC(=CN(C)C)C(=O)N1c1ccccc1. The first-order chi connectivity index (χ1) is 8.09. The molecule has 0 bridgehead atoms. The fourth-order valence-electron chi connectivity index (χ4n) is 2.23.